The number of benzene rings is 1. The first-order valence-electron chi connectivity index (χ1n) is 8.00. The molecule has 0 bridgehead atoms. The Kier molecular flexibility index (Phi) is 4.38. The molecule has 1 aliphatic heterocycles. The van der Waals surface area contributed by atoms with Gasteiger partial charge < -0.3 is 4.74 Å². The minimum atomic E-state index is -0.583. The van der Waals surface area contributed by atoms with Crippen LogP contribution in [-0.4, -0.2) is 34.8 Å². The molecule has 2 aromatic rings. The van der Waals surface area contributed by atoms with Crippen LogP contribution in [0.4, 0.5) is 5.69 Å². The highest BCUT2D eigenvalue weighted by molar-refractivity contribution is 6.02. The molecule has 1 amide bonds. The number of amides is 1. The number of carbonyl (C=O) groups excluding carboxylic acids is 2. The van der Waals surface area contributed by atoms with Crippen molar-refractivity contribution in [2.24, 2.45) is 0 Å². The lowest BCUT2D eigenvalue weighted by Gasteiger charge is -2.23. The molecule has 1 aromatic carbocycles. The summed E-state index contributed by atoms with van der Waals surface area (Å²) >= 11 is 0. The maximum absolute atomic E-state index is 12.8. The quantitative estimate of drug-likeness (QED) is 0.806. The Labute approximate surface area is 141 Å². The third-order valence-corrected chi connectivity index (χ3v) is 4.36. The molecule has 0 fully saturated rings. The number of fused-ring (bicyclic) bond motifs is 1. The Morgan fingerprint density at radius 1 is 1.29 bits per heavy atom. The molecule has 1 aromatic heterocycles. The van der Waals surface area contributed by atoms with E-state index >= 15 is 0 Å². The monoisotopic (exact) mass is 327 g/mol. The molecular weight excluding hydrogens is 306 g/mol. The molecule has 1 aliphatic rings. The first kappa shape index (κ1) is 16.2. The van der Waals surface area contributed by atoms with E-state index in [0.717, 1.165) is 22.6 Å². The summed E-state index contributed by atoms with van der Waals surface area (Å²) in [6.45, 7) is 4.38. The van der Waals surface area contributed by atoms with Crippen LogP contribution >= 0.6 is 0 Å². The largest absolute Gasteiger partial charge is 0.467 e. The van der Waals surface area contributed by atoms with E-state index in [4.69, 9.17) is 4.74 Å². The number of nitrogens with zero attached hydrogens (tertiary/aromatic N) is 3. The fourth-order valence-electron chi connectivity index (χ4n) is 3.24. The Morgan fingerprint density at radius 3 is 2.71 bits per heavy atom. The number of methoxy groups -OCH3 is 1. The standard InChI is InChI=1S/C18H21N3O3/c1-12-10-13(2)20(19-12)9-8-17(22)21-15-7-5-4-6-14(15)11-16(21)18(23)24-3/h4-7,10,16H,8-9,11H2,1-3H3/t16-/m0/s1. The van der Waals surface area contributed by atoms with E-state index in [1.54, 1.807) is 4.90 Å². The van der Waals surface area contributed by atoms with E-state index in [1.165, 1.54) is 7.11 Å². The molecule has 0 N–H and O–H groups in total. The van der Waals surface area contributed by atoms with Crippen LogP contribution < -0.4 is 4.90 Å². The first-order chi connectivity index (χ1) is 11.5. The van der Waals surface area contributed by atoms with E-state index in [2.05, 4.69) is 5.10 Å². The number of hydrogen-bond donors (Lipinski definition) is 0. The number of ether oxygens (including phenoxy) is 1. The molecule has 126 valence electrons. The molecule has 0 saturated carbocycles. The SMILES string of the molecule is COC(=O)[C@@H]1Cc2ccccc2N1C(=O)CCn1nc(C)cc1C. The number of anilines is 1. The molecule has 0 unspecified atom stereocenters. The topological polar surface area (TPSA) is 64.4 Å². The van der Waals surface area contributed by atoms with Gasteiger partial charge in [-0.15, -0.1) is 0 Å². The molecule has 0 saturated heterocycles. The molecule has 6 heteroatoms. The third-order valence-electron chi connectivity index (χ3n) is 4.36. The van der Waals surface area contributed by atoms with Crippen LogP contribution in [0.25, 0.3) is 0 Å². The molecule has 1 atom stereocenters. The van der Waals surface area contributed by atoms with Crippen LogP contribution in [0, 0.1) is 13.8 Å². The lowest BCUT2D eigenvalue weighted by Crippen LogP contribution is -2.43. The van der Waals surface area contributed by atoms with Crippen molar-refractivity contribution in [2.45, 2.75) is 39.3 Å². The third kappa shape index (κ3) is 2.91. The van der Waals surface area contributed by atoms with E-state index in [-0.39, 0.29) is 18.3 Å². The fourth-order valence-corrected chi connectivity index (χ4v) is 3.24. The predicted octanol–water partition coefficient (Wildman–Crippen LogP) is 2.02. The molecule has 0 spiro atoms. The van der Waals surface area contributed by atoms with Crippen molar-refractivity contribution in [1.29, 1.82) is 0 Å². The number of hydrogen-bond acceptors (Lipinski definition) is 4. The number of carbonyl (C=O) groups is 2. The van der Waals surface area contributed by atoms with Gasteiger partial charge in [0, 0.05) is 30.8 Å². The van der Waals surface area contributed by atoms with Crippen molar-refractivity contribution >= 4 is 17.6 Å². The predicted molar refractivity (Wildman–Crippen MR) is 89.8 cm³/mol. The number of rotatable bonds is 4. The average Bonchev–Trinajstić information content (AvgIpc) is 3.11. The Balaban J connectivity index is 1.80. The molecular formula is C18H21N3O3. The second-order valence-corrected chi connectivity index (χ2v) is 6.04. The van der Waals surface area contributed by atoms with Gasteiger partial charge in [-0.3, -0.25) is 14.4 Å². The van der Waals surface area contributed by atoms with Gasteiger partial charge in [-0.25, -0.2) is 4.79 Å². The van der Waals surface area contributed by atoms with E-state index in [0.29, 0.717) is 13.0 Å². The maximum atomic E-state index is 12.8. The van der Waals surface area contributed by atoms with Crippen LogP contribution in [0.1, 0.15) is 23.4 Å². The molecule has 0 aliphatic carbocycles. The van der Waals surface area contributed by atoms with Crippen LogP contribution in [0.5, 0.6) is 0 Å². The maximum Gasteiger partial charge on any atom is 0.329 e. The minimum Gasteiger partial charge on any atom is -0.467 e. The molecule has 3 rings (SSSR count). The summed E-state index contributed by atoms with van der Waals surface area (Å²) in [7, 11) is 1.35. The highest BCUT2D eigenvalue weighted by atomic mass is 16.5. The van der Waals surface area contributed by atoms with E-state index < -0.39 is 6.04 Å². The zero-order valence-electron chi connectivity index (χ0n) is 14.2. The van der Waals surface area contributed by atoms with Gasteiger partial charge in [-0.2, -0.15) is 5.10 Å². The zero-order chi connectivity index (χ0) is 17.3. The number of aryl methyl sites for hydroxylation is 3. The number of esters is 1. The van der Waals surface area contributed by atoms with Gasteiger partial charge >= 0.3 is 5.97 Å². The van der Waals surface area contributed by atoms with Crippen molar-refractivity contribution in [1.82, 2.24) is 9.78 Å². The highest BCUT2D eigenvalue weighted by Crippen LogP contribution is 2.33. The Bertz CT molecular complexity index is 782. The Hall–Kier alpha value is -2.63. The van der Waals surface area contributed by atoms with Gasteiger partial charge in [0.1, 0.15) is 6.04 Å². The second-order valence-electron chi connectivity index (χ2n) is 6.04. The summed E-state index contributed by atoms with van der Waals surface area (Å²) in [6, 6.07) is 9.00. The van der Waals surface area contributed by atoms with Crippen molar-refractivity contribution in [2.75, 3.05) is 12.0 Å². The molecule has 2 heterocycles. The van der Waals surface area contributed by atoms with Gasteiger partial charge in [0.25, 0.3) is 0 Å². The minimum absolute atomic E-state index is 0.0945. The van der Waals surface area contributed by atoms with Gasteiger partial charge in [0.05, 0.1) is 12.8 Å². The van der Waals surface area contributed by atoms with Crippen LogP contribution in [0.3, 0.4) is 0 Å². The smallest absolute Gasteiger partial charge is 0.329 e. The average molecular weight is 327 g/mol. The zero-order valence-corrected chi connectivity index (χ0v) is 14.2. The lowest BCUT2D eigenvalue weighted by atomic mass is 10.1. The van der Waals surface area contributed by atoms with Crippen molar-refractivity contribution < 1.29 is 14.3 Å². The van der Waals surface area contributed by atoms with E-state index in [9.17, 15) is 9.59 Å². The van der Waals surface area contributed by atoms with Crippen LogP contribution in [-0.2, 0) is 27.3 Å². The van der Waals surface area contributed by atoms with Crippen molar-refractivity contribution in [3.8, 4) is 0 Å². The number of aromatic nitrogens is 2. The highest BCUT2D eigenvalue weighted by Gasteiger charge is 2.38. The summed E-state index contributed by atoms with van der Waals surface area (Å²) < 4.78 is 6.70. The molecule has 0 radical (unpaired) electrons. The van der Waals surface area contributed by atoms with Crippen molar-refractivity contribution in [3.63, 3.8) is 0 Å². The van der Waals surface area contributed by atoms with E-state index in [1.807, 2.05) is 48.9 Å². The van der Waals surface area contributed by atoms with Crippen LogP contribution in [0.15, 0.2) is 30.3 Å². The summed E-state index contributed by atoms with van der Waals surface area (Å²) in [5.41, 5.74) is 3.74. The lowest BCUT2D eigenvalue weighted by molar-refractivity contribution is -0.143. The summed E-state index contributed by atoms with van der Waals surface area (Å²) in [5, 5.41) is 4.38. The number of para-hydroxylation sites is 1. The van der Waals surface area contributed by atoms with Gasteiger partial charge in [-0.05, 0) is 31.5 Å². The van der Waals surface area contributed by atoms with Crippen molar-refractivity contribution in [3.05, 3.63) is 47.3 Å². The van der Waals surface area contributed by atoms with Crippen LogP contribution in [0.2, 0.25) is 0 Å². The fraction of sp³-hybridized carbons (Fsp3) is 0.389. The normalized spacial score (nSPS) is 16.1. The first-order valence-corrected chi connectivity index (χ1v) is 8.00. The summed E-state index contributed by atoms with van der Waals surface area (Å²) in [5.74, 6) is -0.478. The summed E-state index contributed by atoms with van der Waals surface area (Å²) in [4.78, 5) is 26.5. The Morgan fingerprint density at radius 2 is 2.04 bits per heavy atom. The van der Waals surface area contributed by atoms with Gasteiger partial charge in [0.2, 0.25) is 5.91 Å². The summed E-state index contributed by atoms with van der Waals surface area (Å²) in [6.07, 6.45) is 0.776. The molecule has 6 nitrogen and oxygen atoms in total. The second kappa shape index (κ2) is 6.47. The van der Waals surface area contributed by atoms with Gasteiger partial charge in [-0.1, -0.05) is 18.2 Å². The van der Waals surface area contributed by atoms with Gasteiger partial charge in [0.15, 0.2) is 0 Å². The molecule has 24 heavy (non-hydrogen) atoms.